The van der Waals surface area contributed by atoms with Crippen LogP contribution in [0.25, 0.3) is 0 Å². The van der Waals surface area contributed by atoms with E-state index in [1.54, 1.807) is 15.8 Å². The lowest BCUT2D eigenvalue weighted by Crippen LogP contribution is -2.38. The molecule has 0 N–H and O–H groups in total. The van der Waals surface area contributed by atoms with Crippen molar-refractivity contribution in [1.29, 1.82) is 0 Å². The van der Waals surface area contributed by atoms with Gasteiger partial charge in [-0.15, -0.1) is 0 Å². The molecule has 0 bridgehead atoms. The van der Waals surface area contributed by atoms with E-state index in [0.29, 0.717) is 24.0 Å². The highest BCUT2D eigenvalue weighted by molar-refractivity contribution is 6.06. The molecule has 2 aromatic heterocycles. The van der Waals surface area contributed by atoms with Crippen LogP contribution in [0.5, 0.6) is 0 Å². The van der Waals surface area contributed by atoms with E-state index in [2.05, 4.69) is 20.6 Å². The molecule has 1 aliphatic carbocycles. The molecular weight excluding hydrogens is 258 g/mol. The van der Waals surface area contributed by atoms with Gasteiger partial charge in [-0.05, 0) is 29.7 Å². The average Bonchev–Trinajstić information content (AvgIpc) is 3.04. The van der Waals surface area contributed by atoms with Gasteiger partial charge in [-0.2, -0.15) is 5.10 Å². The molecule has 1 fully saturated rings. The summed E-state index contributed by atoms with van der Waals surface area (Å²) in [5.74, 6) is 0.963. The van der Waals surface area contributed by atoms with Crippen LogP contribution in [0.15, 0.2) is 6.20 Å². The Morgan fingerprint density at radius 1 is 1.35 bits per heavy atom. The van der Waals surface area contributed by atoms with E-state index in [-0.39, 0.29) is 5.91 Å². The molecule has 0 saturated heterocycles. The minimum atomic E-state index is -0.0456. The number of hydrogen-bond donors (Lipinski definition) is 0. The molecule has 4 rings (SSSR count). The van der Waals surface area contributed by atoms with Crippen LogP contribution >= 0.6 is 0 Å². The summed E-state index contributed by atoms with van der Waals surface area (Å²) >= 11 is 0. The Hall–Kier alpha value is -2.25. The number of carbonyl (C=O) groups is 1. The topological polar surface area (TPSA) is 81.7 Å². The number of tetrazole rings is 1. The fourth-order valence-corrected chi connectivity index (χ4v) is 2.81. The fourth-order valence-electron chi connectivity index (χ4n) is 2.81. The van der Waals surface area contributed by atoms with Gasteiger partial charge in [0.05, 0.1) is 17.5 Å². The third kappa shape index (κ3) is 1.64. The van der Waals surface area contributed by atoms with Crippen molar-refractivity contribution in [3.63, 3.8) is 0 Å². The Morgan fingerprint density at radius 2 is 2.20 bits per heavy atom. The summed E-state index contributed by atoms with van der Waals surface area (Å²) < 4.78 is 3.49. The molecular formula is C12H15N7O. The molecule has 0 atom stereocenters. The lowest BCUT2D eigenvalue weighted by Gasteiger charge is -2.25. The van der Waals surface area contributed by atoms with Gasteiger partial charge in [-0.25, -0.2) is 4.68 Å². The Morgan fingerprint density at radius 3 is 3.00 bits per heavy atom. The van der Waals surface area contributed by atoms with Gasteiger partial charge in [0.1, 0.15) is 0 Å². The van der Waals surface area contributed by atoms with Gasteiger partial charge >= 0.3 is 0 Å². The van der Waals surface area contributed by atoms with E-state index in [1.807, 2.05) is 11.7 Å². The smallest absolute Gasteiger partial charge is 0.264 e. The zero-order chi connectivity index (χ0) is 13.7. The first-order valence-electron chi connectivity index (χ1n) is 6.85. The number of hydrogen-bond acceptors (Lipinski definition) is 5. The van der Waals surface area contributed by atoms with Gasteiger partial charge in [-0.3, -0.25) is 14.4 Å². The summed E-state index contributed by atoms with van der Waals surface area (Å²) in [6, 6.07) is 0. The number of carbonyl (C=O) groups excluding carboxylic acids is 1. The van der Waals surface area contributed by atoms with Crippen molar-refractivity contribution in [1.82, 2.24) is 30.0 Å². The fraction of sp³-hybridized carbons (Fsp3) is 0.583. The predicted molar refractivity (Wildman–Crippen MR) is 69.3 cm³/mol. The maximum absolute atomic E-state index is 12.8. The minimum Gasteiger partial charge on any atom is -0.275 e. The van der Waals surface area contributed by atoms with Crippen molar-refractivity contribution in [3.8, 4) is 0 Å². The summed E-state index contributed by atoms with van der Waals surface area (Å²) in [6.45, 7) is 1.41. The van der Waals surface area contributed by atoms with E-state index in [9.17, 15) is 4.79 Å². The Bertz CT molecular complexity index is 669. The van der Waals surface area contributed by atoms with Crippen molar-refractivity contribution in [3.05, 3.63) is 17.5 Å². The molecule has 1 amide bonds. The van der Waals surface area contributed by atoms with E-state index >= 15 is 0 Å². The quantitative estimate of drug-likeness (QED) is 0.787. The normalized spacial score (nSPS) is 18.1. The summed E-state index contributed by atoms with van der Waals surface area (Å²) in [4.78, 5) is 14.4. The van der Waals surface area contributed by atoms with Gasteiger partial charge in [0.2, 0.25) is 0 Å². The third-order valence-electron chi connectivity index (χ3n) is 3.93. The van der Waals surface area contributed by atoms with Gasteiger partial charge in [-0.1, -0.05) is 5.10 Å². The predicted octanol–water partition coefficient (Wildman–Crippen LogP) is 0.334. The van der Waals surface area contributed by atoms with Crippen molar-refractivity contribution >= 4 is 11.9 Å². The molecule has 2 aliphatic rings. The highest BCUT2D eigenvalue weighted by Crippen LogP contribution is 2.41. The number of anilines is 1. The summed E-state index contributed by atoms with van der Waals surface area (Å²) in [6.07, 6.45) is 4.80. The van der Waals surface area contributed by atoms with Crippen LogP contribution in [0.2, 0.25) is 0 Å². The monoisotopic (exact) mass is 273 g/mol. The zero-order valence-corrected chi connectivity index (χ0v) is 11.2. The van der Waals surface area contributed by atoms with E-state index in [1.165, 1.54) is 0 Å². The van der Waals surface area contributed by atoms with Gasteiger partial charge in [0, 0.05) is 26.1 Å². The lowest BCUT2D eigenvalue weighted by molar-refractivity contribution is 0.0979. The van der Waals surface area contributed by atoms with Gasteiger partial charge in [0.15, 0.2) is 0 Å². The molecule has 1 aliphatic heterocycles. The second-order valence-corrected chi connectivity index (χ2v) is 5.35. The highest BCUT2D eigenvalue weighted by atomic mass is 16.2. The number of aromatic nitrogens is 6. The first kappa shape index (κ1) is 11.6. The standard InChI is InChI=1S/C12H15N7O/c1-17-10(8-3-4-8)9(7-13-17)11(20)18-5-2-6-19-12(18)14-15-16-19/h7-8H,2-6H2,1H3. The van der Waals surface area contributed by atoms with Crippen molar-refractivity contribution < 1.29 is 4.79 Å². The second-order valence-electron chi connectivity index (χ2n) is 5.35. The van der Waals surface area contributed by atoms with Crippen LogP contribution < -0.4 is 4.90 Å². The Labute approximate surface area is 115 Å². The van der Waals surface area contributed by atoms with Crippen molar-refractivity contribution in [2.75, 3.05) is 11.4 Å². The lowest BCUT2D eigenvalue weighted by atomic mass is 10.1. The van der Waals surface area contributed by atoms with Crippen LogP contribution in [0.4, 0.5) is 5.95 Å². The minimum absolute atomic E-state index is 0.0456. The third-order valence-corrected chi connectivity index (χ3v) is 3.93. The first-order valence-corrected chi connectivity index (χ1v) is 6.85. The number of amides is 1. The SMILES string of the molecule is Cn1ncc(C(=O)N2CCCn3nnnc32)c1C1CC1. The molecule has 0 aromatic carbocycles. The maximum atomic E-state index is 12.8. The van der Waals surface area contributed by atoms with Crippen molar-refractivity contribution in [2.24, 2.45) is 7.05 Å². The van der Waals surface area contributed by atoms with Crippen molar-refractivity contribution in [2.45, 2.75) is 31.7 Å². The molecule has 0 unspecified atom stereocenters. The molecule has 2 aromatic rings. The van der Waals surface area contributed by atoms with Crippen LogP contribution in [0.3, 0.4) is 0 Å². The molecule has 0 radical (unpaired) electrons. The van der Waals surface area contributed by atoms with E-state index in [0.717, 1.165) is 31.5 Å². The number of nitrogens with zero attached hydrogens (tertiary/aromatic N) is 7. The van der Waals surface area contributed by atoms with E-state index < -0.39 is 0 Å². The molecule has 8 heteroatoms. The van der Waals surface area contributed by atoms with Crippen LogP contribution in [-0.2, 0) is 13.6 Å². The maximum Gasteiger partial charge on any atom is 0.264 e. The first-order chi connectivity index (χ1) is 9.75. The molecule has 8 nitrogen and oxygen atoms in total. The molecule has 1 saturated carbocycles. The van der Waals surface area contributed by atoms with Gasteiger partial charge in [0.25, 0.3) is 11.9 Å². The summed E-state index contributed by atoms with van der Waals surface area (Å²) in [5.41, 5.74) is 1.73. The largest absolute Gasteiger partial charge is 0.275 e. The van der Waals surface area contributed by atoms with Crippen LogP contribution in [0.1, 0.15) is 41.2 Å². The number of fused-ring (bicyclic) bond motifs is 1. The number of aryl methyl sites for hydroxylation is 2. The zero-order valence-electron chi connectivity index (χ0n) is 11.2. The molecule has 3 heterocycles. The van der Waals surface area contributed by atoms with E-state index in [4.69, 9.17) is 0 Å². The molecule has 104 valence electrons. The summed E-state index contributed by atoms with van der Waals surface area (Å²) in [5, 5.41) is 15.8. The van der Waals surface area contributed by atoms with Crippen LogP contribution in [0, 0.1) is 0 Å². The second kappa shape index (κ2) is 4.12. The molecule has 20 heavy (non-hydrogen) atoms. The Kier molecular flexibility index (Phi) is 2.38. The Balaban J connectivity index is 1.72. The number of rotatable bonds is 2. The summed E-state index contributed by atoms with van der Waals surface area (Å²) in [7, 11) is 1.89. The average molecular weight is 273 g/mol. The van der Waals surface area contributed by atoms with Gasteiger partial charge < -0.3 is 0 Å². The van der Waals surface area contributed by atoms with Crippen LogP contribution in [-0.4, -0.2) is 42.4 Å². The molecule has 0 spiro atoms. The highest BCUT2D eigenvalue weighted by Gasteiger charge is 2.35.